The van der Waals surface area contributed by atoms with Crippen molar-refractivity contribution in [3.05, 3.63) is 60.4 Å². The van der Waals surface area contributed by atoms with Gasteiger partial charge in [-0.3, -0.25) is 4.68 Å². The molecule has 13 heteroatoms. The minimum Gasteiger partial charge on any atom is -0.492 e. The van der Waals surface area contributed by atoms with Crippen LogP contribution in [0.3, 0.4) is 0 Å². The van der Waals surface area contributed by atoms with Crippen molar-refractivity contribution in [3.63, 3.8) is 0 Å². The Morgan fingerprint density at radius 3 is 2.48 bits per heavy atom. The van der Waals surface area contributed by atoms with Gasteiger partial charge in [0.05, 0.1) is 47.1 Å². The van der Waals surface area contributed by atoms with Crippen LogP contribution in [0.25, 0.3) is 11.4 Å². The quantitative estimate of drug-likeness (QED) is 0.229. The molecule has 6 rings (SSSR count). The van der Waals surface area contributed by atoms with E-state index >= 15 is 0 Å². The van der Waals surface area contributed by atoms with Crippen molar-refractivity contribution in [1.29, 1.82) is 0 Å². The van der Waals surface area contributed by atoms with Gasteiger partial charge in [-0.25, -0.2) is 23.4 Å². The van der Waals surface area contributed by atoms with Crippen LogP contribution in [0.4, 0.5) is 11.6 Å². The number of nitrogens with zero attached hydrogens (tertiary/aromatic N) is 8. The van der Waals surface area contributed by atoms with Crippen LogP contribution in [-0.4, -0.2) is 79.7 Å². The fourth-order valence-electron chi connectivity index (χ4n) is 5.62. The second-order valence-electron chi connectivity index (χ2n) is 12.8. The van der Waals surface area contributed by atoms with E-state index in [-0.39, 0.29) is 11.3 Å². The van der Waals surface area contributed by atoms with Crippen LogP contribution in [0.1, 0.15) is 69.5 Å². The predicted octanol–water partition coefficient (Wildman–Crippen LogP) is 4.74. The van der Waals surface area contributed by atoms with E-state index < -0.39 is 10.0 Å². The first kappa shape index (κ1) is 31.7. The summed E-state index contributed by atoms with van der Waals surface area (Å²) in [4.78, 5) is 15.8. The van der Waals surface area contributed by atoms with Crippen LogP contribution < -0.4 is 10.1 Å². The molecule has 0 unspecified atom stereocenters. The Bertz CT molecular complexity index is 1830. The summed E-state index contributed by atoms with van der Waals surface area (Å²) in [5.41, 5.74) is 2.02. The van der Waals surface area contributed by atoms with Crippen molar-refractivity contribution < 1.29 is 13.2 Å². The van der Waals surface area contributed by atoms with Crippen molar-refractivity contribution in [2.75, 3.05) is 32.6 Å². The molecule has 0 bridgehead atoms. The maximum Gasteiger partial charge on any atom is 0.256 e. The molecule has 0 aliphatic heterocycles. The van der Waals surface area contributed by atoms with Gasteiger partial charge in [-0.2, -0.15) is 14.3 Å². The number of rotatable bonds is 11. The number of hydrogen-bond donors (Lipinski definition) is 1. The normalized spacial score (nSPS) is 18.4. The SMILES string of the molecule is CC(C)n1cc(C#Cc2cnc(Nc3ccnc(-c4cnn(S(=O)(=O)C5CC5)c4)n3)cc2OC[C@H]2CC[C@H](CN(C)C)CC2)cn1. The second kappa shape index (κ2) is 13.6. The molecule has 2 fully saturated rings. The van der Waals surface area contributed by atoms with Crippen molar-refractivity contribution >= 4 is 21.7 Å². The molecular weight excluding hydrogens is 602 g/mol. The molecule has 242 valence electrons. The largest absolute Gasteiger partial charge is 0.492 e. The third-order valence-electron chi connectivity index (χ3n) is 8.34. The molecule has 4 aromatic heterocycles. The third-order valence-corrected chi connectivity index (χ3v) is 10.4. The highest BCUT2D eigenvalue weighted by Gasteiger charge is 2.37. The van der Waals surface area contributed by atoms with Crippen molar-refractivity contribution in [1.82, 2.24) is 38.8 Å². The van der Waals surface area contributed by atoms with E-state index in [0.29, 0.717) is 59.7 Å². The second-order valence-corrected chi connectivity index (χ2v) is 14.9. The Hall–Kier alpha value is -4.28. The summed E-state index contributed by atoms with van der Waals surface area (Å²) in [5, 5.41) is 11.3. The van der Waals surface area contributed by atoms with Gasteiger partial charge in [0, 0.05) is 37.2 Å². The van der Waals surface area contributed by atoms with Gasteiger partial charge in [0.25, 0.3) is 10.0 Å². The van der Waals surface area contributed by atoms with Crippen molar-refractivity contribution in [2.24, 2.45) is 11.8 Å². The molecule has 0 saturated heterocycles. The highest BCUT2D eigenvalue weighted by Crippen LogP contribution is 2.32. The fourth-order valence-corrected chi connectivity index (χ4v) is 7.10. The molecule has 0 aromatic carbocycles. The van der Waals surface area contributed by atoms with Crippen LogP contribution in [0.2, 0.25) is 0 Å². The van der Waals surface area contributed by atoms with Crippen LogP contribution >= 0.6 is 0 Å². The summed E-state index contributed by atoms with van der Waals surface area (Å²) in [6, 6.07) is 3.83. The zero-order valence-corrected chi connectivity index (χ0v) is 27.6. The number of aromatic nitrogens is 7. The Morgan fingerprint density at radius 1 is 0.978 bits per heavy atom. The molecule has 46 heavy (non-hydrogen) atoms. The number of pyridine rings is 1. The van der Waals surface area contributed by atoms with Crippen molar-refractivity contribution in [2.45, 2.75) is 63.7 Å². The summed E-state index contributed by atoms with van der Waals surface area (Å²) < 4.78 is 34.5. The van der Waals surface area contributed by atoms with E-state index in [1.165, 1.54) is 25.2 Å². The van der Waals surface area contributed by atoms with E-state index in [2.05, 4.69) is 75.1 Å². The number of hydrogen-bond acceptors (Lipinski definition) is 10. The average molecular weight is 644 g/mol. The Morgan fingerprint density at radius 2 is 1.76 bits per heavy atom. The number of anilines is 2. The monoisotopic (exact) mass is 643 g/mol. The summed E-state index contributed by atoms with van der Waals surface area (Å²) in [6.45, 7) is 5.90. The first-order chi connectivity index (χ1) is 22.1. The lowest BCUT2D eigenvalue weighted by Crippen LogP contribution is -2.27. The van der Waals surface area contributed by atoms with Crippen LogP contribution in [0.5, 0.6) is 5.75 Å². The maximum atomic E-state index is 12.6. The van der Waals surface area contributed by atoms with Gasteiger partial charge in [-0.1, -0.05) is 11.8 Å². The summed E-state index contributed by atoms with van der Waals surface area (Å²) in [5.74, 6) is 9.72. The summed E-state index contributed by atoms with van der Waals surface area (Å²) in [6.07, 6.45) is 16.0. The zero-order valence-electron chi connectivity index (χ0n) is 26.8. The fraction of sp³-hybridized carbons (Fsp3) is 0.485. The topological polar surface area (TPSA) is 133 Å². The molecule has 0 spiro atoms. The molecule has 4 aromatic rings. The van der Waals surface area contributed by atoms with E-state index in [1.807, 2.05) is 16.9 Å². The molecule has 2 aliphatic carbocycles. The van der Waals surface area contributed by atoms with Gasteiger partial charge in [-0.15, -0.1) is 0 Å². The highest BCUT2D eigenvalue weighted by molar-refractivity contribution is 7.90. The van der Waals surface area contributed by atoms with Gasteiger partial charge in [0.15, 0.2) is 5.82 Å². The first-order valence-electron chi connectivity index (χ1n) is 15.9. The molecule has 0 amide bonds. The number of nitrogens with one attached hydrogen (secondary N) is 1. The van der Waals surface area contributed by atoms with Gasteiger partial charge in [-0.05, 0) is 84.4 Å². The molecule has 0 radical (unpaired) electrons. The van der Waals surface area contributed by atoms with E-state index in [0.717, 1.165) is 35.0 Å². The average Bonchev–Trinajstić information content (AvgIpc) is 3.58. The first-order valence-corrected chi connectivity index (χ1v) is 17.4. The predicted molar refractivity (Wildman–Crippen MR) is 176 cm³/mol. The molecule has 12 nitrogen and oxygen atoms in total. The number of ether oxygens (including phenoxy) is 1. The Kier molecular flexibility index (Phi) is 9.37. The lowest BCUT2D eigenvalue weighted by molar-refractivity contribution is 0.166. The smallest absolute Gasteiger partial charge is 0.256 e. The van der Waals surface area contributed by atoms with Gasteiger partial charge < -0.3 is 15.0 Å². The zero-order chi connectivity index (χ0) is 32.3. The Labute approximate surface area is 270 Å². The molecular formula is C33H41N9O3S. The molecule has 2 aliphatic rings. The van der Waals surface area contributed by atoms with E-state index in [4.69, 9.17) is 4.74 Å². The lowest BCUT2D eigenvalue weighted by atomic mass is 9.82. The lowest BCUT2D eigenvalue weighted by Gasteiger charge is -2.30. The molecule has 0 atom stereocenters. The summed E-state index contributed by atoms with van der Waals surface area (Å²) in [7, 11) is 0.802. The Balaban J connectivity index is 1.19. The van der Waals surface area contributed by atoms with Crippen molar-refractivity contribution in [3.8, 4) is 29.0 Å². The maximum absolute atomic E-state index is 12.6. The van der Waals surface area contributed by atoms with Crippen LogP contribution in [0, 0.1) is 23.7 Å². The van der Waals surface area contributed by atoms with E-state index in [9.17, 15) is 8.42 Å². The van der Waals surface area contributed by atoms with Crippen LogP contribution in [0.15, 0.2) is 49.3 Å². The van der Waals surface area contributed by atoms with E-state index in [1.54, 1.807) is 24.7 Å². The van der Waals surface area contributed by atoms with Crippen LogP contribution in [-0.2, 0) is 10.0 Å². The highest BCUT2D eigenvalue weighted by atomic mass is 32.2. The molecule has 2 saturated carbocycles. The minimum atomic E-state index is -3.47. The standard InChI is InChI=1S/C33H41N9O3S/c1-23(2)41-20-26(16-36-41)9-10-27-17-35-32(15-30(27)45-22-25-7-5-24(6-8-25)19-40(3)4)38-31-13-14-34-33(39-31)28-18-37-42(21-28)46(43,44)29-11-12-29/h13-18,20-21,23-25,29H,5-8,11-12,19,22H2,1-4H3,(H,34,35,38,39)/t24-,25-. The van der Waals surface area contributed by atoms with Gasteiger partial charge in [0.1, 0.15) is 17.4 Å². The van der Waals surface area contributed by atoms with Gasteiger partial charge >= 0.3 is 0 Å². The molecule has 4 heterocycles. The summed E-state index contributed by atoms with van der Waals surface area (Å²) >= 11 is 0. The third kappa shape index (κ3) is 7.74. The van der Waals surface area contributed by atoms with Gasteiger partial charge in [0.2, 0.25) is 0 Å². The molecule has 1 N–H and O–H groups in total. The minimum absolute atomic E-state index is 0.253.